The summed E-state index contributed by atoms with van der Waals surface area (Å²) in [6.07, 6.45) is 6.29. The zero-order valence-electron chi connectivity index (χ0n) is 11.4. The zero-order chi connectivity index (χ0) is 14.5. The lowest BCUT2D eigenvalue weighted by atomic mass is 9.98. The molecule has 4 N–H and O–H groups in total. The number of aliphatic hydroxyl groups is 1. The molecule has 1 aromatic heterocycles. The third kappa shape index (κ3) is 3.31. The SMILES string of the molecule is NCC(Nc1cnn(CCO)c(=O)c1Cl)C1CCCC1. The van der Waals surface area contributed by atoms with Gasteiger partial charge in [-0.2, -0.15) is 5.10 Å². The molecule has 112 valence electrons. The predicted octanol–water partition coefficient (Wildman–Crippen LogP) is 0.818. The van der Waals surface area contributed by atoms with Crippen molar-refractivity contribution in [1.82, 2.24) is 9.78 Å². The van der Waals surface area contributed by atoms with E-state index in [2.05, 4.69) is 10.4 Å². The van der Waals surface area contributed by atoms with E-state index in [9.17, 15) is 4.79 Å². The minimum absolute atomic E-state index is 0.102. The van der Waals surface area contributed by atoms with Crippen molar-refractivity contribution in [3.8, 4) is 0 Å². The first-order valence-corrected chi connectivity index (χ1v) is 7.38. The van der Waals surface area contributed by atoms with Gasteiger partial charge in [0.25, 0.3) is 5.56 Å². The molecule has 1 fully saturated rings. The molecule has 1 aliphatic rings. The topological polar surface area (TPSA) is 93.2 Å². The van der Waals surface area contributed by atoms with Gasteiger partial charge in [0.2, 0.25) is 0 Å². The van der Waals surface area contributed by atoms with Crippen LogP contribution in [0.2, 0.25) is 5.02 Å². The molecule has 1 saturated carbocycles. The van der Waals surface area contributed by atoms with Crippen molar-refractivity contribution < 1.29 is 5.11 Å². The van der Waals surface area contributed by atoms with Gasteiger partial charge in [0.1, 0.15) is 5.02 Å². The minimum atomic E-state index is -0.395. The molecule has 1 aromatic rings. The Morgan fingerprint density at radius 2 is 2.25 bits per heavy atom. The lowest BCUT2D eigenvalue weighted by molar-refractivity contribution is 0.266. The van der Waals surface area contributed by atoms with E-state index in [1.807, 2.05) is 0 Å². The molecule has 7 heteroatoms. The minimum Gasteiger partial charge on any atom is -0.394 e. The number of hydrogen-bond acceptors (Lipinski definition) is 5. The van der Waals surface area contributed by atoms with E-state index < -0.39 is 5.56 Å². The van der Waals surface area contributed by atoms with Crippen molar-refractivity contribution in [3.63, 3.8) is 0 Å². The summed E-state index contributed by atoms with van der Waals surface area (Å²) in [6, 6.07) is 0.116. The van der Waals surface area contributed by atoms with Crippen LogP contribution in [-0.4, -0.2) is 34.1 Å². The highest BCUT2D eigenvalue weighted by atomic mass is 35.5. The highest BCUT2D eigenvalue weighted by Crippen LogP contribution is 2.29. The number of nitrogens with zero attached hydrogens (tertiary/aromatic N) is 2. The van der Waals surface area contributed by atoms with Gasteiger partial charge in [-0.15, -0.1) is 0 Å². The number of nitrogens with one attached hydrogen (secondary N) is 1. The van der Waals surface area contributed by atoms with Gasteiger partial charge in [0.15, 0.2) is 0 Å². The fourth-order valence-corrected chi connectivity index (χ4v) is 2.95. The van der Waals surface area contributed by atoms with E-state index in [-0.39, 0.29) is 24.2 Å². The largest absolute Gasteiger partial charge is 0.394 e. The second-order valence-electron chi connectivity index (χ2n) is 5.16. The van der Waals surface area contributed by atoms with Crippen LogP contribution in [0, 0.1) is 5.92 Å². The van der Waals surface area contributed by atoms with Gasteiger partial charge in [-0.25, -0.2) is 4.68 Å². The van der Waals surface area contributed by atoms with E-state index in [1.54, 1.807) is 0 Å². The Morgan fingerprint density at radius 1 is 1.55 bits per heavy atom. The van der Waals surface area contributed by atoms with Gasteiger partial charge in [-0.1, -0.05) is 24.4 Å². The van der Waals surface area contributed by atoms with Crippen molar-refractivity contribution in [3.05, 3.63) is 21.6 Å². The van der Waals surface area contributed by atoms with Crippen molar-refractivity contribution in [2.24, 2.45) is 11.7 Å². The molecule has 0 saturated heterocycles. The molecular formula is C13H21ClN4O2. The third-order valence-electron chi connectivity index (χ3n) is 3.86. The molecule has 1 aliphatic carbocycles. The molecule has 2 rings (SSSR count). The van der Waals surface area contributed by atoms with Crippen LogP contribution in [0.5, 0.6) is 0 Å². The van der Waals surface area contributed by atoms with Gasteiger partial charge >= 0.3 is 0 Å². The summed E-state index contributed by atoms with van der Waals surface area (Å²) in [5.74, 6) is 0.524. The first-order valence-electron chi connectivity index (χ1n) is 7.00. The average molecular weight is 301 g/mol. The standard InChI is InChI=1S/C13H21ClN4O2/c14-12-11(8-16-18(5-6-19)13(12)20)17-10(7-15)9-3-1-2-4-9/h8-10,17,19H,1-7,15H2. The summed E-state index contributed by atoms with van der Waals surface area (Å²) >= 11 is 6.08. The summed E-state index contributed by atoms with van der Waals surface area (Å²) in [5, 5.41) is 16.2. The lowest BCUT2D eigenvalue weighted by Crippen LogP contribution is -2.36. The molecule has 0 radical (unpaired) electrons. The number of halogens is 1. The molecule has 0 aromatic carbocycles. The molecule has 0 amide bonds. The molecule has 0 spiro atoms. The maximum Gasteiger partial charge on any atom is 0.287 e. The number of aliphatic hydroxyl groups excluding tert-OH is 1. The van der Waals surface area contributed by atoms with Crippen LogP contribution < -0.4 is 16.6 Å². The Labute approximate surface area is 122 Å². The molecular weight excluding hydrogens is 280 g/mol. The highest BCUT2D eigenvalue weighted by Gasteiger charge is 2.24. The van der Waals surface area contributed by atoms with Crippen LogP contribution in [0.1, 0.15) is 25.7 Å². The molecule has 1 heterocycles. The fourth-order valence-electron chi connectivity index (χ4n) is 2.75. The fraction of sp³-hybridized carbons (Fsp3) is 0.692. The summed E-state index contributed by atoms with van der Waals surface area (Å²) in [4.78, 5) is 12.0. The maximum atomic E-state index is 12.0. The van der Waals surface area contributed by atoms with Gasteiger partial charge in [-0.05, 0) is 18.8 Å². The van der Waals surface area contributed by atoms with Crippen molar-refractivity contribution >= 4 is 17.3 Å². The van der Waals surface area contributed by atoms with E-state index in [0.717, 1.165) is 17.5 Å². The summed E-state index contributed by atoms with van der Waals surface area (Å²) < 4.78 is 1.15. The molecule has 20 heavy (non-hydrogen) atoms. The number of hydrogen-bond donors (Lipinski definition) is 3. The van der Waals surface area contributed by atoms with Crippen molar-refractivity contribution in [2.45, 2.75) is 38.3 Å². The molecule has 0 bridgehead atoms. The Morgan fingerprint density at radius 3 is 2.85 bits per heavy atom. The normalized spacial score (nSPS) is 17.4. The molecule has 1 atom stereocenters. The second kappa shape index (κ2) is 7.06. The smallest absolute Gasteiger partial charge is 0.287 e. The van der Waals surface area contributed by atoms with Crippen molar-refractivity contribution in [2.75, 3.05) is 18.5 Å². The Bertz CT molecular complexity index is 500. The third-order valence-corrected chi connectivity index (χ3v) is 4.23. The zero-order valence-corrected chi connectivity index (χ0v) is 12.1. The van der Waals surface area contributed by atoms with Gasteiger partial charge in [0, 0.05) is 12.6 Å². The maximum absolute atomic E-state index is 12.0. The summed E-state index contributed by atoms with van der Waals surface area (Å²) in [6.45, 7) is 0.492. The van der Waals surface area contributed by atoms with Crippen LogP contribution in [-0.2, 0) is 6.54 Å². The summed E-state index contributed by atoms with van der Waals surface area (Å²) in [7, 11) is 0. The first-order chi connectivity index (χ1) is 9.67. The number of aromatic nitrogens is 2. The van der Waals surface area contributed by atoms with Crippen LogP contribution in [0.3, 0.4) is 0 Å². The number of rotatable bonds is 6. The predicted molar refractivity (Wildman–Crippen MR) is 79.0 cm³/mol. The van der Waals surface area contributed by atoms with Crippen molar-refractivity contribution in [1.29, 1.82) is 0 Å². The second-order valence-corrected chi connectivity index (χ2v) is 5.53. The number of nitrogens with two attached hydrogens (primary N) is 1. The van der Waals surface area contributed by atoms with E-state index >= 15 is 0 Å². The Kier molecular flexibility index (Phi) is 5.39. The van der Waals surface area contributed by atoms with E-state index in [4.69, 9.17) is 22.4 Å². The Balaban J connectivity index is 2.16. The Hall–Kier alpha value is -1.11. The highest BCUT2D eigenvalue weighted by molar-refractivity contribution is 6.32. The quantitative estimate of drug-likeness (QED) is 0.723. The van der Waals surface area contributed by atoms with Gasteiger partial charge < -0.3 is 16.2 Å². The average Bonchev–Trinajstić information content (AvgIpc) is 2.97. The van der Waals surface area contributed by atoms with Gasteiger partial charge in [-0.3, -0.25) is 4.79 Å². The van der Waals surface area contributed by atoms with Crippen LogP contribution in [0.4, 0.5) is 5.69 Å². The molecule has 6 nitrogen and oxygen atoms in total. The summed E-state index contributed by atoms with van der Waals surface area (Å²) in [5.41, 5.74) is 5.95. The molecule has 1 unspecified atom stereocenters. The van der Waals surface area contributed by atoms with E-state index in [1.165, 1.54) is 19.0 Å². The van der Waals surface area contributed by atoms with E-state index in [0.29, 0.717) is 18.2 Å². The van der Waals surface area contributed by atoms with Crippen LogP contribution in [0.15, 0.2) is 11.0 Å². The lowest BCUT2D eigenvalue weighted by Gasteiger charge is -2.24. The molecule has 0 aliphatic heterocycles. The van der Waals surface area contributed by atoms with Crippen LogP contribution in [0.25, 0.3) is 0 Å². The van der Waals surface area contributed by atoms with Gasteiger partial charge in [0.05, 0.1) is 25.0 Å². The monoisotopic (exact) mass is 300 g/mol. The van der Waals surface area contributed by atoms with Crippen LogP contribution >= 0.6 is 11.6 Å². The first kappa shape index (κ1) is 15.3. The number of anilines is 1.